The first-order chi connectivity index (χ1) is 9.82. The molecule has 7 nitrogen and oxygen atoms in total. The molecule has 3 amide bonds. The third-order valence-corrected chi connectivity index (χ3v) is 2.78. The number of unbranched alkanes of at least 4 members (excludes halogenated alkanes) is 2. The van der Waals surface area contributed by atoms with Gasteiger partial charge in [-0.3, -0.25) is 9.59 Å². The maximum atomic E-state index is 11.7. The summed E-state index contributed by atoms with van der Waals surface area (Å²) in [7, 11) is 0. The molecule has 0 saturated carbocycles. The van der Waals surface area contributed by atoms with Gasteiger partial charge in [0.1, 0.15) is 6.04 Å². The average Bonchev–Trinajstić information content (AvgIpc) is 2.39. The Morgan fingerprint density at radius 1 is 1.00 bits per heavy atom. The molecule has 4 N–H and O–H groups in total. The molecule has 0 spiro atoms. The minimum Gasteiger partial charge on any atom is -0.481 e. The van der Waals surface area contributed by atoms with Crippen molar-refractivity contribution >= 4 is 17.9 Å². The fraction of sp³-hybridized carbons (Fsp3) is 0.786. The summed E-state index contributed by atoms with van der Waals surface area (Å²) in [6, 6.07) is -0.976. The SMILES string of the molecule is CC(C)CNC(=O)C(C)NC(=O)NCCCCCC(=O)O. The quantitative estimate of drug-likeness (QED) is 0.453. The second-order valence-corrected chi connectivity index (χ2v) is 5.47. The fourth-order valence-corrected chi connectivity index (χ4v) is 1.55. The smallest absolute Gasteiger partial charge is 0.315 e. The number of aliphatic carboxylic acids is 1. The summed E-state index contributed by atoms with van der Waals surface area (Å²) in [6.45, 7) is 6.66. The largest absolute Gasteiger partial charge is 0.481 e. The van der Waals surface area contributed by atoms with Gasteiger partial charge in [0.05, 0.1) is 0 Å². The predicted molar refractivity (Wildman–Crippen MR) is 79.9 cm³/mol. The normalized spacial score (nSPS) is 11.8. The topological polar surface area (TPSA) is 108 Å². The summed E-state index contributed by atoms with van der Waals surface area (Å²) in [4.78, 5) is 33.5. The van der Waals surface area contributed by atoms with E-state index in [2.05, 4.69) is 16.0 Å². The average molecular weight is 301 g/mol. The summed E-state index contributed by atoms with van der Waals surface area (Å²) < 4.78 is 0. The molecule has 0 rings (SSSR count). The molecule has 0 fully saturated rings. The van der Waals surface area contributed by atoms with Crippen LogP contribution in [0.2, 0.25) is 0 Å². The highest BCUT2D eigenvalue weighted by atomic mass is 16.4. The van der Waals surface area contributed by atoms with Crippen molar-refractivity contribution in [3.05, 3.63) is 0 Å². The van der Waals surface area contributed by atoms with E-state index in [1.165, 1.54) is 0 Å². The Labute approximate surface area is 125 Å². The third-order valence-electron chi connectivity index (χ3n) is 2.78. The van der Waals surface area contributed by atoms with E-state index in [0.29, 0.717) is 31.8 Å². The molecule has 0 aliphatic carbocycles. The molecule has 21 heavy (non-hydrogen) atoms. The zero-order chi connectivity index (χ0) is 16.3. The summed E-state index contributed by atoms with van der Waals surface area (Å²) in [6.07, 6.45) is 2.22. The van der Waals surface area contributed by atoms with Crippen LogP contribution >= 0.6 is 0 Å². The molecule has 0 aromatic carbocycles. The molecule has 0 heterocycles. The highest BCUT2D eigenvalue weighted by Crippen LogP contribution is 1.98. The predicted octanol–water partition coefficient (Wildman–Crippen LogP) is 1.09. The lowest BCUT2D eigenvalue weighted by atomic mass is 10.2. The highest BCUT2D eigenvalue weighted by Gasteiger charge is 2.14. The molecule has 1 atom stereocenters. The molecule has 7 heteroatoms. The third kappa shape index (κ3) is 11.7. The first-order valence-corrected chi connectivity index (χ1v) is 7.36. The second-order valence-electron chi connectivity index (χ2n) is 5.47. The molecule has 0 saturated heterocycles. The van der Waals surface area contributed by atoms with Gasteiger partial charge in [0, 0.05) is 19.5 Å². The molecule has 0 aliphatic heterocycles. The molecule has 0 aliphatic rings. The summed E-state index contributed by atoms with van der Waals surface area (Å²) >= 11 is 0. The van der Waals surface area contributed by atoms with Crippen molar-refractivity contribution in [1.29, 1.82) is 0 Å². The lowest BCUT2D eigenvalue weighted by Crippen LogP contribution is -2.49. The van der Waals surface area contributed by atoms with Gasteiger partial charge in [0.25, 0.3) is 0 Å². The van der Waals surface area contributed by atoms with Crippen LogP contribution in [0.5, 0.6) is 0 Å². The van der Waals surface area contributed by atoms with Crippen LogP contribution in [0.4, 0.5) is 4.79 Å². The molecule has 1 unspecified atom stereocenters. The molecule has 0 aromatic rings. The monoisotopic (exact) mass is 301 g/mol. The second kappa shape index (κ2) is 10.9. The number of amides is 3. The van der Waals surface area contributed by atoms with Gasteiger partial charge in [-0.15, -0.1) is 0 Å². The van der Waals surface area contributed by atoms with Crippen molar-refractivity contribution < 1.29 is 19.5 Å². The molecule has 0 radical (unpaired) electrons. The minimum absolute atomic E-state index is 0.152. The van der Waals surface area contributed by atoms with Crippen molar-refractivity contribution in [1.82, 2.24) is 16.0 Å². The lowest BCUT2D eigenvalue weighted by Gasteiger charge is -2.15. The first kappa shape index (κ1) is 19.2. The number of carboxylic acid groups (broad SMARTS) is 1. The Morgan fingerprint density at radius 3 is 2.24 bits per heavy atom. The van der Waals surface area contributed by atoms with Gasteiger partial charge in [-0.2, -0.15) is 0 Å². The maximum Gasteiger partial charge on any atom is 0.315 e. The van der Waals surface area contributed by atoms with Crippen molar-refractivity contribution in [2.45, 2.75) is 52.5 Å². The van der Waals surface area contributed by atoms with Crippen LogP contribution in [-0.2, 0) is 9.59 Å². The number of carbonyl (C=O) groups excluding carboxylic acids is 2. The standard InChI is InChI=1S/C14H27N3O4/c1-10(2)9-16-13(20)11(3)17-14(21)15-8-6-4-5-7-12(18)19/h10-11H,4-9H2,1-3H3,(H,16,20)(H,18,19)(H2,15,17,21). The fourth-order valence-electron chi connectivity index (χ4n) is 1.55. The van der Waals surface area contributed by atoms with Gasteiger partial charge in [0.2, 0.25) is 5.91 Å². The summed E-state index contributed by atoms with van der Waals surface area (Å²) in [5.41, 5.74) is 0. The Hall–Kier alpha value is -1.79. The van der Waals surface area contributed by atoms with Crippen LogP contribution in [0.25, 0.3) is 0 Å². The van der Waals surface area contributed by atoms with Gasteiger partial charge in [-0.25, -0.2) is 4.79 Å². The van der Waals surface area contributed by atoms with E-state index < -0.39 is 12.0 Å². The van der Waals surface area contributed by atoms with Crippen molar-refractivity contribution in [3.63, 3.8) is 0 Å². The number of rotatable bonds is 10. The number of hydrogen-bond acceptors (Lipinski definition) is 3. The lowest BCUT2D eigenvalue weighted by molar-refractivity contribution is -0.137. The van der Waals surface area contributed by atoms with E-state index >= 15 is 0 Å². The minimum atomic E-state index is -0.804. The van der Waals surface area contributed by atoms with Crippen molar-refractivity contribution in [3.8, 4) is 0 Å². The Bertz CT molecular complexity index is 345. The number of hydrogen-bond donors (Lipinski definition) is 4. The number of urea groups is 1. The number of carbonyl (C=O) groups is 3. The summed E-state index contributed by atoms with van der Waals surface area (Å²) in [5.74, 6) is -0.650. The van der Waals surface area contributed by atoms with E-state index in [0.717, 1.165) is 6.42 Å². The number of carboxylic acids is 1. The molecular formula is C14H27N3O4. The van der Waals surface area contributed by atoms with E-state index in [1.54, 1.807) is 6.92 Å². The van der Waals surface area contributed by atoms with Crippen molar-refractivity contribution in [2.75, 3.05) is 13.1 Å². The van der Waals surface area contributed by atoms with E-state index in [9.17, 15) is 14.4 Å². The van der Waals surface area contributed by atoms with Crippen LogP contribution in [0.3, 0.4) is 0 Å². The first-order valence-electron chi connectivity index (χ1n) is 7.36. The van der Waals surface area contributed by atoms with Crippen LogP contribution < -0.4 is 16.0 Å². The van der Waals surface area contributed by atoms with Gasteiger partial charge in [-0.05, 0) is 25.7 Å². The van der Waals surface area contributed by atoms with Crippen LogP contribution in [-0.4, -0.2) is 42.1 Å². The zero-order valence-electron chi connectivity index (χ0n) is 13.1. The Balaban J connectivity index is 3.68. The van der Waals surface area contributed by atoms with Crippen LogP contribution in [0.1, 0.15) is 46.5 Å². The zero-order valence-corrected chi connectivity index (χ0v) is 13.1. The highest BCUT2D eigenvalue weighted by molar-refractivity contribution is 5.86. The van der Waals surface area contributed by atoms with Gasteiger partial charge < -0.3 is 21.1 Å². The van der Waals surface area contributed by atoms with Crippen LogP contribution in [0, 0.1) is 5.92 Å². The molecule has 122 valence electrons. The van der Waals surface area contributed by atoms with Gasteiger partial charge >= 0.3 is 12.0 Å². The van der Waals surface area contributed by atoms with Gasteiger partial charge in [0.15, 0.2) is 0 Å². The van der Waals surface area contributed by atoms with Crippen molar-refractivity contribution in [2.24, 2.45) is 5.92 Å². The summed E-state index contributed by atoms with van der Waals surface area (Å²) in [5, 5.41) is 16.4. The Morgan fingerprint density at radius 2 is 1.67 bits per heavy atom. The van der Waals surface area contributed by atoms with E-state index in [-0.39, 0.29) is 18.4 Å². The van der Waals surface area contributed by atoms with Gasteiger partial charge in [-0.1, -0.05) is 20.3 Å². The molecule has 0 bridgehead atoms. The van der Waals surface area contributed by atoms with E-state index in [1.807, 2.05) is 13.8 Å². The Kier molecular flexibility index (Phi) is 10.0. The maximum absolute atomic E-state index is 11.7. The molecular weight excluding hydrogens is 274 g/mol. The van der Waals surface area contributed by atoms with Crippen LogP contribution in [0.15, 0.2) is 0 Å². The molecule has 0 aromatic heterocycles. The number of nitrogens with one attached hydrogen (secondary N) is 3. The van der Waals surface area contributed by atoms with E-state index in [4.69, 9.17) is 5.11 Å².